The Bertz CT molecular complexity index is 829. The second-order valence-corrected chi connectivity index (χ2v) is 8.02. The molecule has 0 saturated heterocycles. The summed E-state index contributed by atoms with van der Waals surface area (Å²) in [6.45, 7) is 0. The van der Waals surface area contributed by atoms with E-state index in [1.807, 2.05) is 24.3 Å². The van der Waals surface area contributed by atoms with Crippen molar-refractivity contribution in [2.45, 2.75) is 12.8 Å². The highest BCUT2D eigenvalue weighted by molar-refractivity contribution is 7.92. The van der Waals surface area contributed by atoms with E-state index in [1.165, 1.54) is 4.90 Å². The molecule has 0 spiro atoms. The SMILES string of the molecule is COc1ccc(CCS(=O)(=O)Nc2ccc(CC(=O)N(C)C)cc2)cc1. The van der Waals surface area contributed by atoms with Crippen LogP contribution in [0.2, 0.25) is 0 Å². The standard InChI is InChI=1S/C19H24N2O4S/c1-21(2)19(22)14-16-4-8-17(9-5-16)20-26(23,24)13-12-15-6-10-18(25-3)11-7-15/h4-11,20H,12-14H2,1-3H3. The Kier molecular flexibility index (Phi) is 6.63. The van der Waals surface area contributed by atoms with Gasteiger partial charge < -0.3 is 9.64 Å². The molecule has 0 aliphatic rings. The number of amides is 1. The van der Waals surface area contributed by atoms with Gasteiger partial charge in [-0.1, -0.05) is 24.3 Å². The van der Waals surface area contributed by atoms with Gasteiger partial charge >= 0.3 is 0 Å². The number of sulfonamides is 1. The van der Waals surface area contributed by atoms with E-state index in [0.717, 1.165) is 16.9 Å². The van der Waals surface area contributed by atoms with Crippen LogP contribution in [0.4, 0.5) is 5.69 Å². The maximum atomic E-state index is 12.3. The molecular formula is C19H24N2O4S. The van der Waals surface area contributed by atoms with Gasteiger partial charge in [0.1, 0.15) is 5.75 Å². The largest absolute Gasteiger partial charge is 0.497 e. The smallest absolute Gasteiger partial charge is 0.233 e. The topological polar surface area (TPSA) is 75.7 Å². The number of methoxy groups -OCH3 is 1. The van der Waals surface area contributed by atoms with Crippen LogP contribution in [0.3, 0.4) is 0 Å². The van der Waals surface area contributed by atoms with Crippen LogP contribution in [-0.4, -0.2) is 46.2 Å². The molecular weight excluding hydrogens is 352 g/mol. The van der Waals surface area contributed by atoms with E-state index < -0.39 is 10.0 Å². The van der Waals surface area contributed by atoms with Crippen molar-refractivity contribution in [2.75, 3.05) is 31.7 Å². The van der Waals surface area contributed by atoms with E-state index in [1.54, 1.807) is 45.5 Å². The minimum absolute atomic E-state index is 0.00202. The van der Waals surface area contributed by atoms with Crippen molar-refractivity contribution in [3.05, 3.63) is 59.7 Å². The highest BCUT2D eigenvalue weighted by Gasteiger charge is 2.11. The number of likely N-dealkylation sites (N-methyl/N-ethyl adjacent to an activating group) is 1. The minimum atomic E-state index is -3.45. The van der Waals surface area contributed by atoms with Crippen molar-refractivity contribution in [2.24, 2.45) is 0 Å². The van der Waals surface area contributed by atoms with Crippen molar-refractivity contribution < 1.29 is 17.9 Å². The Hall–Kier alpha value is -2.54. The van der Waals surface area contributed by atoms with Crippen molar-refractivity contribution >= 4 is 21.6 Å². The number of hydrogen-bond donors (Lipinski definition) is 1. The summed E-state index contributed by atoms with van der Waals surface area (Å²) in [6.07, 6.45) is 0.701. The lowest BCUT2D eigenvalue weighted by Gasteiger charge is -2.11. The van der Waals surface area contributed by atoms with Gasteiger partial charge in [0, 0.05) is 19.8 Å². The van der Waals surface area contributed by atoms with E-state index in [4.69, 9.17) is 4.74 Å². The summed E-state index contributed by atoms with van der Waals surface area (Å²) in [7, 11) is 1.54. The third kappa shape index (κ3) is 6.07. The number of nitrogens with zero attached hydrogens (tertiary/aromatic N) is 1. The molecule has 2 rings (SSSR count). The van der Waals surface area contributed by atoms with Gasteiger partial charge in [-0.3, -0.25) is 9.52 Å². The van der Waals surface area contributed by atoms with Gasteiger partial charge in [0.05, 0.1) is 19.3 Å². The van der Waals surface area contributed by atoms with Gasteiger partial charge in [0.15, 0.2) is 0 Å². The zero-order valence-electron chi connectivity index (χ0n) is 15.2. The van der Waals surface area contributed by atoms with E-state index in [9.17, 15) is 13.2 Å². The van der Waals surface area contributed by atoms with Gasteiger partial charge in [-0.05, 0) is 41.8 Å². The number of benzene rings is 2. The molecule has 0 bridgehead atoms. The lowest BCUT2D eigenvalue weighted by atomic mass is 10.1. The normalized spacial score (nSPS) is 11.0. The quantitative estimate of drug-likeness (QED) is 0.767. The summed E-state index contributed by atoms with van der Waals surface area (Å²) in [4.78, 5) is 13.2. The monoisotopic (exact) mass is 376 g/mol. The number of hydrogen-bond acceptors (Lipinski definition) is 4. The molecule has 1 N–H and O–H groups in total. The van der Waals surface area contributed by atoms with Crippen molar-refractivity contribution in [1.29, 1.82) is 0 Å². The molecule has 6 nitrogen and oxygen atoms in total. The molecule has 0 saturated carbocycles. The Morgan fingerprint density at radius 3 is 2.12 bits per heavy atom. The van der Waals surface area contributed by atoms with Crippen molar-refractivity contribution in [3.63, 3.8) is 0 Å². The second-order valence-electron chi connectivity index (χ2n) is 6.18. The first-order valence-corrected chi connectivity index (χ1v) is 9.87. The van der Waals surface area contributed by atoms with E-state index >= 15 is 0 Å². The summed E-state index contributed by atoms with van der Waals surface area (Å²) in [5.74, 6) is 0.723. The maximum absolute atomic E-state index is 12.3. The number of anilines is 1. The Morgan fingerprint density at radius 2 is 1.58 bits per heavy atom. The average Bonchev–Trinajstić information content (AvgIpc) is 2.62. The molecule has 0 aliphatic heterocycles. The van der Waals surface area contributed by atoms with Crippen LogP contribution in [0.25, 0.3) is 0 Å². The van der Waals surface area contributed by atoms with Crippen molar-refractivity contribution in [3.8, 4) is 5.75 Å². The van der Waals surface area contributed by atoms with E-state index in [2.05, 4.69) is 4.72 Å². The summed E-state index contributed by atoms with van der Waals surface area (Å²) in [6, 6.07) is 14.2. The molecule has 2 aromatic rings. The first-order chi connectivity index (χ1) is 12.3. The Balaban J connectivity index is 1.92. The van der Waals surface area contributed by atoms with Crippen LogP contribution >= 0.6 is 0 Å². The van der Waals surface area contributed by atoms with Gasteiger partial charge in [-0.15, -0.1) is 0 Å². The summed E-state index contributed by atoms with van der Waals surface area (Å²) >= 11 is 0. The molecule has 0 fully saturated rings. The highest BCUT2D eigenvalue weighted by Crippen LogP contribution is 2.15. The highest BCUT2D eigenvalue weighted by atomic mass is 32.2. The zero-order valence-corrected chi connectivity index (χ0v) is 16.0. The molecule has 2 aromatic carbocycles. The van der Waals surface area contributed by atoms with Crippen LogP contribution in [-0.2, 0) is 27.7 Å². The zero-order chi connectivity index (χ0) is 19.2. The first kappa shape index (κ1) is 19.8. The molecule has 0 radical (unpaired) electrons. The first-order valence-electron chi connectivity index (χ1n) is 8.21. The second kappa shape index (κ2) is 8.71. The maximum Gasteiger partial charge on any atom is 0.233 e. The molecule has 0 heterocycles. The molecule has 140 valence electrons. The van der Waals surface area contributed by atoms with Crippen LogP contribution in [0.15, 0.2) is 48.5 Å². The fraction of sp³-hybridized carbons (Fsp3) is 0.316. The summed E-state index contributed by atoms with van der Waals surface area (Å²) in [5, 5.41) is 0. The Morgan fingerprint density at radius 1 is 1.00 bits per heavy atom. The predicted octanol–water partition coefficient (Wildman–Crippen LogP) is 2.31. The summed E-state index contributed by atoms with van der Waals surface area (Å²) < 4.78 is 32.2. The van der Waals surface area contributed by atoms with Crippen molar-refractivity contribution in [1.82, 2.24) is 4.90 Å². The number of rotatable bonds is 8. The van der Waals surface area contributed by atoms with E-state index in [0.29, 0.717) is 12.1 Å². The van der Waals surface area contributed by atoms with E-state index in [-0.39, 0.29) is 18.1 Å². The van der Waals surface area contributed by atoms with Gasteiger partial charge in [0.2, 0.25) is 15.9 Å². The molecule has 26 heavy (non-hydrogen) atoms. The molecule has 7 heteroatoms. The van der Waals surface area contributed by atoms with Crippen LogP contribution in [0.1, 0.15) is 11.1 Å². The third-order valence-electron chi connectivity index (χ3n) is 3.90. The third-order valence-corrected chi connectivity index (χ3v) is 5.19. The predicted molar refractivity (Wildman–Crippen MR) is 103 cm³/mol. The molecule has 1 amide bonds. The molecule has 0 atom stereocenters. The number of aryl methyl sites for hydroxylation is 1. The number of ether oxygens (including phenoxy) is 1. The van der Waals surface area contributed by atoms with Gasteiger partial charge in [-0.25, -0.2) is 8.42 Å². The molecule has 0 aromatic heterocycles. The Labute approximate surface area is 154 Å². The fourth-order valence-electron chi connectivity index (χ4n) is 2.30. The van der Waals surface area contributed by atoms with Crippen LogP contribution in [0.5, 0.6) is 5.75 Å². The van der Waals surface area contributed by atoms with Crippen LogP contribution < -0.4 is 9.46 Å². The fourth-order valence-corrected chi connectivity index (χ4v) is 3.40. The minimum Gasteiger partial charge on any atom is -0.497 e. The number of carbonyl (C=O) groups is 1. The average molecular weight is 376 g/mol. The lowest BCUT2D eigenvalue weighted by Crippen LogP contribution is -2.23. The van der Waals surface area contributed by atoms with Crippen LogP contribution in [0, 0.1) is 0 Å². The van der Waals surface area contributed by atoms with Gasteiger partial charge in [0.25, 0.3) is 0 Å². The molecule has 0 unspecified atom stereocenters. The van der Waals surface area contributed by atoms with Gasteiger partial charge in [-0.2, -0.15) is 0 Å². The number of carbonyl (C=O) groups excluding carboxylic acids is 1. The number of nitrogens with one attached hydrogen (secondary N) is 1. The molecule has 0 aliphatic carbocycles. The summed E-state index contributed by atoms with van der Waals surface area (Å²) in [5.41, 5.74) is 2.25. The lowest BCUT2D eigenvalue weighted by molar-refractivity contribution is -0.127.